The summed E-state index contributed by atoms with van der Waals surface area (Å²) in [5.41, 5.74) is 0. The van der Waals surface area contributed by atoms with Crippen LogP contribution in [0.5, 0.6) is 0 Å². The zero-order valence-electron chi connectivity index (χ0n) is 20.9. The third kappa shape index (κ3) is 16.6. The molecule has 0 aromatic heterocycles. The minimum atomic E-state index is -3.05. The van der Waals surface area contributed by atoms with Crippen LogP contribution in [0.1, 0.15) is 12.8 Å². The number of rotatable bonds is 15. The lowest BCUT2D eigenvalue weighted by molar-refractivity contribution is -0.144. The molecular formula is C19H42O8Si4. The minimum absolute atomic E-state index is 0.410. The van der Waals surface area contributed by atoms with Gasteiger partial charge in [0.05, 0.1) is 0 Å². The van der Waals surface area contributed by atoms with Crippen molar-refractivity contribution in [2.75, 3.05) is 13.7 Å². The van der Waals surface area contributed by atoms with Gasteiger partial charge in [0, 0.05) is 38.3 Å². The van der Waals surface area contributed by atoms with Gasteiger partial charge >= 0.3 is 20.7 Å². The molecule has 0 aliphatic carbocycles. The standard InChI is InChI=1S/C19H42O8Si4/c1-23-15-13-17(24-19(22)12-11-18(20)21)14-16-31(25-28(2,3)4,26-29(5,6)7)27-30(8,9)10/h11-12,17H,13-16H2,1-10H3,(H,20,21). The number of methoxy groups -OCH3 is 1. The summed E-state index contributed by atoms with van der Waals surface area (Å²) in [4.78, 5) is 22.7. The van der Waals surface area contributed by atoms with Gasteiger partial charge in [0.25, 0.3) is 0 Å². The molecule has 0 saturated heterocycles. The van der Waals surface area contributed by atoms with E-state index in [0.717, 1.165) is 12.2 Å². The molecular weight excluding hydrogens is 469 g/mol. The first-order chi connectivity index (χ1) is 13.9. The Labute approximate surface area is 192 Å². The zero-order valence-corrected chi connectivity index (χ0v) is 24.9. The summed E-state index contributed by atoms with van der Waals surface area (Å²) in [5, 5.41) is 8.73. The Kier molecular flexibility index (Phi) is 12.3. The first-order valence-electron chi connectivity index (χ1n) is 10.6. The monoisotopic (exact) mass is 510 g/mol. The van der Waals surface area contributed by atoms with E-state index in [2.05, 4.69) is 58.9 Å². The summed E-state index contributed by atoms with van der Waals surface area (Å²) in [7, 11) is -7.47. The van der Waals surface area contributed by atoms with Gasteiger partial charge < -0.3 is 26.9 Å². The summed E-state index contributed by atoms with van der Waals surface area (Å²) in [6.07, 6.45) is 2.20. The van der Waals surface area contributed by atoms with Gasteiger partial charge in [0.15, 0.2) is 25.0 Å². The fraction of sp³-hybridized carbons (Fsp3) is 0.789. The van der Waals surface area contributed by atoms with Crippen LogP contribution in [0.3, 0.4) is 0 Å². The van der Waals surface area contributed by atoms with Crippen molar-refractivity contribution in [1.82, 2.24) is 0 Å². The lowest BCUT2D eigenvalue weighted by atomic mass is 10.2. The van der Waals surface area contributed by atoms with E-state index >= 15 is 0 Å². The number of aliphatic carboxylic acids is 1. The van der Waals surface area contributed by atoms with Crippen LogP contribution in [0.15, 0.2) is 12.2 Å². The molecule has 0 fully saturated rings. The Hall–Kier alpha value is -0.612. The summed E-state index contributed by atoms with van der Waals surface area (Å²) >= 11 is 0. The number of carboxylic acids is 1. The maximum absolute atomic E-state index is 12.1. The number of hydrogen-bond acceptors (Lipinski definition) is 7. The van der Waals surface area contributed by atoms with Crippen LogP contribution in [-0.2, 0) is 31.4 Å². The third-order valence-corrected chi connectivity index (χ3v) is 15.4. The molecule has 1 atom stereocenters. The minimum Gasteiger partial charge on any atom is -0.478 e. The van der Waals surface area contributed by atoms with Gasteiger partial charge in [-0.1, -0.05) is 0 Å². The van der Waals surface area contributed by atoms with Gasteiger partial charge in [-0.25, -0.2) is 9.59 Å². The fourth-order valence-electron chi connectivity index (χ4n) is 2.81. The van der Waals surface area contributed by atoms with E-state index in [1.807, 2.05) is 0 Å². The highest BCUT2D eigenvalue weighted by Crippen LogP contribution is 2.31. The van der Waals surface area contributed by atoms with Crippen molar-refractivity contribution in [3.05, 3.63) is 12.2 Å². The van der Waals surface area contributed by atoms with Gasteiger partial charge in [-0.05, 0) is 65.3 Å². The number of ether oxygens (including phenoxy) is 2. The first kappa shape index (κ1) is 30.4. The van der Waals surface area contributed by atoms with Crippen LogP contribution in [0.2, 0.25) is 65.0 Å². The van der Waals surface area contributed by atoms with Gasteiger partial charge in [0.2, 0.25) is 0 Å². The predicted octanol–water partition coefficient (Wildman–Crippen LogP) is 4.46. The summed E-state index contributed by atoms with van der Waals surface area (Å²) in [5.74, 6) is -1.90. The highest BCUT2D eigenvalue weighted by Gasteiger charge is 2.50. The molecule has 12 heteroatoms. The van der Waals surface area contributed by atoms with E-state index < -0.39 is 51.8 Å². The maximum atomic E-state index is 12.1. The van der Waals surface area contributed by atoms with Gasteiger partial charge in [-0.15, -0.1) is 0 Å². The Bertz CT molecular complexity index is 565. The molecule has 0 rings (SSSR count). The van der Waals surface area contributed by atoms with Crippen LogP contribution < -0.4 is 0 Å². The van der Waals surface area contributed by atoms with E-state index in [1.165, 1.54) is 0 Å². The molecule has 0 bridgehead atoms. The van der Waals surface area contributed by atoms with E-state index in [0.29, 0.717) is 25.5 Å². The van der Waals surface area contributed by atoms with E-state index in [4.69, 9.17) is 26.9 Å². The van der Waals surface area contributed by atoms with Crippen molar-refractivity contribution in [3.8, 4) is 0 Å². The van der Waals surface area contributed by atoms with Crippen molar-refractivity contribution in [3.63, 3.8) is 0 Å². The second-order valence-electron chi connectivity index (χ2n) is 10.4. The Morgan fingerprint density at radius 2 is 1.26 bits per heavy atom. The van der Waals surface area contributed by atoms with Crippen molar-refractivity contribution in [1.29, 1.82) is 0 Å². The number of carbonyl (C=O) groups is 2. The second-order valence-corrected chi connectivity index (χ2v) is 27.4. The number of carboxylic acid groups (broad SMARTS) is 1. The molecule has 0 aromatic rings. The van der Waals surface area contributed by atoms with Crippen LogP contribution >= 0.6 is 0 Å². The lowest BCUT2D eigenvalue weighted by Crippen LogP contribution is -2.60. The molecule has 31 heavy (non-hydrogen) atoms. The van der Waals surface area contributed by atoms with Crippen LogP contribution in [0, 0.1) is 0 Å². The molecule has 0 amide bonds. The molecule has 0 aliphatic rings. The summed E-state index contributed by atoms with van der Waals surface area (Å²) in [6.45, 7) is 19.5. The normalized spacial score (nSPS) is 14.6. The number of hydrogen-bond donors (Lipinski definition) is 1. The smallest absolute Gasteiger partial charge is 0.469 e. The quantitative estimate of drug-likeness (QED) is 0.196. The molecule has 0 radical (unpaired) electrons. The Morgan fingerprint density at radius 1 is 0.806 bits per heavy atom. The number of esters is 1. The second kappa shape index (κ2) is 12.6. The molecule has 1 unspecified atom stereocenters. The van der Waals surface area contributed by atoms with E-state index in [1.54, 1.807) is 7.11 Å². The zero-order chi connectivity index (χ0) is 24.5. The van der Waals surface area contributed by atoms with Crippen LogP contribution in [0.25, 0.3) is 0 Å². The highest BCUT2D eigenvalue weighted by molar-refractivity contribution is 6.90. The molecule has 0 aromatic carbocycles. The fourth-order valence-corrected chi connectivity index (χ4v) is 17.5. The number of carbonyl (C=O) groups excluding carboxylic acids is 1. The molecule has 0 saturated carbocycles. The van der Waals surface area contributed by atoms with Gasteiger partial charge in [-0.3, -0.25) is 0 Å². The van der Waals surface area contributed by atoms with Gasteiger partial charge in [0.1, 0.15) is 6.10 Å². The molecule has 1 N–H and O–H groups in total. The summed E-state index contributed by atoms with van der Waals surface area (Å²) < 4.78 is 30.6. The van der Waals surface area contributed by atoms with Gasteiger partial charge in [-0.2, -0.15) is 0 Å². The Balaban J connectivity index is 5.75. The average Bonchev–Trinajstić information content (AvgIpc) is 2.50. The predicted molar refractivity (Wildman–Crippen MR) is 132 cm³/mol. The third-order valence-electron chi connectivity index (χ3n) is 3.45. The average molecular weight is 511 g/mol. The molecule has 0 heterocycles. The molecule has 8 nitrogen and oxygen atoms in total. The highest BCUT2D eigenvalue weighted by atomic mass is 28.5. The largest absolute Gasteiger partial charge is 0.478 e. The van der Waals surface area contributed by atoms with Crippen molar-refractivity contribution in [2.24, 2.45) is 0 Å². The molecule has 0 spiro atoms. The topological polar surface area (TPSA) is 101 Å². The summed E-state index contributed by atoms with van der Waals surface area (Å²) in [6, 6.07) is 0.524. The maximum Gasteiger partial charge on any atom is 0.469 e. The van der Waals surface area contributed by atoms with Crippen LogP contribution in [0.4, 0.5) is 0 Å². The van der Waals surface area contributed by atoms with Crippen molar-refractivity contribution in [2.45, 2.75) is 83.9 Å². The SMILES string of the molecule is COCCC(CC[Si](O[Si](C)(C)C)(O[Si](C)(C)C)O[Si](C)(C)C)OC(=O)C=CC(=O)O. The van der Waals surface area contributed by atoms with Crippen molar-refractivity contribution >= 4 is 45.7 Å². The van der Waals surface area contributed by atoms with Crippen LogP contribution in [-0.4, -0.2) is 70.6 Å². The molecule has 0 aliphatic heterocycles. The van der Waals surface area contributed by atoms with Crippen molar-refractivity contribution < 1.29 is 36.5 Å². The van der Waals surface area contributed by atoms with E-state index in [9.17, 15) is 9.59 Å². The van der Waals surface area contributed by atoms with E-state index in [-0.39, 0.29) is 0 Å². The lowest BCUT2D eigenvalue weighted by Gasteiger charge is -2.43. The first-order valence-corrected chi connectivity index (χ1v) is 22.7. The molecule has 182 valence electrons. The Morgan fingerprint density at radius 3 is 1.61 bits per heavy atom.